The molecular formula is C12H12FN3O2. The molecule has 2 rings (SSSR count). The number of nitrogens with zero attached hydrogens (tertiary/aromatic N) is 3. The Kier molecular flexibility index (Phi) is 3.01. The van der Waals surface area contributed by atoms with Crippen molar-refractivity contribution in [3.8, 4) is 11.4 Å². The molecule has 0 spiro atoms. The van der Waals surface area contributed by atoms with Gasteiger partial charge < -0.3 is 10.0 Å². The molecule has 2 aromatic rings. The predicted octanol–water partition coefficient (Wildman–Crippen LogP) is 1.42. The van der Waals surface area contributed by atoms with Gasteiger partial charge in [0.1, 0.15) is 0 Å². The summed E-state index contributed by atoms with van der Waals surface area (Å²) in [7, 11) is 3.22. The number of amides is 1. The highest BCUT2D eigenvalue weighted by Crippen LogP contribution is 2.20. The third-order valence-electron chi connectivity index (χ3n) is 2.45. The van der Waals surface area contributed by atoms with E-state index < -0.39 is 11.6 Å². The molecule has 0 unspecified atom stereocenters. The molecule has 0 radical (unpaired) electrons. The Hall–Kier alpha value is -2.37. The number of phenols is 1. The standard InChI is InChI=1S/C12H12FN3O2/c1-15(2)12(18)11-14-5-6-16(11)8-3-4-10(17)9(13)7-8/h3-7,17H,1-2H3. The number of carbonyl (C=O) groups excluding carboxylic acids is 1. The lowest BCUT2D eigenvalue weighted by molar-refractivity contribution is 0.0814. The maximum absolute atomic E-state index is 13.3. The lowest BCUT2D eigenvalue weighted by Crippen LogP contribution is -2.25. The van der Waals surface area contributed by atoms with E-state index in [1.54, 1.807) is 20.3 Å². The average molecular weight is 249 g/mol. The molecule has 0 aliphatic carbocycles. The molecule has 1 aromatic heterocycles. The third kappa shape index (κ3) is 2.04. The van der Waals surface area contributed by atoms with Crippen molar-refractivity contribution in [1.82, 2.24) is 14.5 Å². The summed E-state index contributed by atoms with van der Waals surface area (Å²) in [5.41, 5.74) is 0.424. The van der Waals surface area contributed by atoms with Gasteiger partial charge in [0.15, 0.2) is 11.6 Å². The van der Waals surface area contributed by atoms with E-state index in [4.69, 9.17) is 5.11 Å². The summed E-state index contributed by atoms with van der Waals surface area (Å²) in [6.07, 6.45) is 3.02. The van der Waals surface area contributed by atoms with E-state index in [-0.39, 0.29) is 11.7 Å². The van der Waals surface area contributed by atoms with Crippen LogP contribution >= 0.6 is 0 Å². The number of halogens is 1. The Morgan fingerprint density at radius 3 is 2.78 bits per heavy atom. The van der Waals surface area contributed by atoms with E-state index in [2.05, 4.69) is 4.98 Å². The summed E-state index contributed by atoms with van der Waals surface area (Å²) in [6.45, 7) is 0. The van der Waals surface area contributed by atoms with Gasteiger partial charge in [-0.15, -0.1) is 0 Å². The molecule has 0 bridgehead atoms. The minimum absolute atomic E-state index is 0.185. The van der Waals surface area contributed by atoms with E-state index in [9.17, 15) is 9.18 Å². The van der Waals surface area contributed by atoms with Gasteiger partial charge >= 0.3 is 0 Å². The molecule has 0 saturated heterocycles. The number of hydrogen-bond acceptors (Lipinski definition) is 3. The minimum Gasteiger partial charge on any atom is -0.505 e. The summed E-state index contributed by atoms with van der Waals surface area (Å²) in [5, 5.41) is 9.13. The van der Waals surface area contributed by atoms with Crippen LogP contribution in [-0.4, -0.2) is 39.6 Å². The van der Waals surface area contributed by atoms with Crippen molar-refractivity contribution in [2.45, 2.75) is 0 Å². The second-order valence-electron chi connectivity index (χ2n) is 3.96. The number of imidazole rings is 1. The zero-order valence-electron chi connectivity index (χ0n) is 9.96. The summed E-state index contributed by atoms with van der Waals surface area (Å²) >= 11 is 0. The number of phenolic OH excluding ortho intramolecular Hbond substituents is 1. The number of aromatic nitrogens is 2. The molecule has 1 aromatic carbocycles. The molecule has 6 heteroatoms. The Bertz CT molecular complexity index is 593. The molecule has 0 fully saturated rings. The molecular weight excluding hydrogens is 237 g/mol. The van der Waals surface area contributed by atoms with Gasteiger partial charge in [0, 0.05) is 32.6 Å². The highest BCUT2D eigenvalue weighted by Gasteiger charge is 2.16. The van der Waals surface area contributed by atoms with E-state index >= 15 is 0 Å². The normalized spacial score (nSPS) is 10.4. The van der Waals surface area contributed by atoms with Crippen molar-refractivity contribution >= 4 is 5.91 Å². The molecule has 0 aliphatic heterocycles. The third-order valence-corrected chi connectivity index (χ3v) is 2.45. The van der Waals surface area contributed by atoms with Crippen LogP contribution in [0.15, 0.2) is 30.6 Å². The SMILES string of the molecule is CN(C)C(=O)c1nccn1-c1ccc(O)c(F)c1. The number of aromatic hydroxyl groups is 1. The molecule has 0 atom stereocenters. The van der Waals surface area contributed by atoms with Crippen LogP contribution in [0.25, 0.3) is 5.69 Å². The molecule has 1 amide bonds. The number of carbonyl (C=O) groups is 1. The number of benzene rings is 1. The Morgan fingerprint density at radius 2 is 2.17 bits per heavy atom. The van der Waals surface area contributed by atoms with Crippen LogP contribution in [0, 0.1) is 5.82 Å². The second-order valence-corrected chi connectivity index (χ2v) is 3.96. The lowest BCUT2D eigenvalue weighted by atomic mass is 10.3. The average Bonchev–Trinajstić information content (AvgIpc) is 2.80. The second kappa shape index (κ2) is 4.48. The van der Waals surface area contributed by atoms with Crippen molar-refractivity contribution in [3.05, 3.63) is 42.2 Å². The molecule has 0 saturated carbocycles. The summed E-state index contributed by atoms with van der Waals surface area (Å²) in [4.78, 5) is 17.2. The minimum atomic E-state index is -0.746. The first kappa shape index (κ1) is 12.1. The molecule has 18 heavy (non-hydrogen) atoms. The maximum atomic E-state index is 13.3. The van der Waals surface area contributed by atoms with Crippen LogP contribution in [0.4, 0.5) is 4.39 Å². The van der Waals surface area contributed by atoms with E-state index in [1.165, 1.54) is 27.8 Å². The zero-order chi connectivity index (χ0) is 13.3. The Labute approximate surface area is 103 Å². The largest absolute Gasteiger partial charge is 0.505 e. The van der Waals surface area contributed by atoms with Gasteiger partial charge in [-0.05, 0) is 12.1 Å². The van der Waals surface area contributed by atoms with Gasteiger partial charge in [-0.1, -0.05) is 0 Å². The van der Waals surface area contributed by atoms with E-state index in [0.717, 1.165) is 6.07 Å². The van der Waals surface area contributed by atoms with Crippen LogP contribution in [0.5, 0.6) is 5.75 Å². The van der Waals surface area contributed by atoms with E-state index in [0.29, 0.717) is 5.69 Å². The number of hydrogen-bond donors (Lipinski definition) is 1. The van der Waals surface area contributed by atoms with Crippen molar-refractivity contribution in [2.75, 3.05) is 14.1 Å². The quantitative estimate of drug-likeness (QED) is 0.875. The van der Waals surface area contributed by atoms with Crippen LogP contribution in [-0.2, 0) is 0 Å². The van der Waals surface area contributed by atoms with Crippen LogP contribution < -0.4 is 0 Å². The van der Waals surface area contributed by atoms with Crippen molar-refractivity contribution in [3.63, 3.8) is 0 Å². The molecule has 0 aliphatic rings. The van der Waals surface area contributed by atoms with Gasteiger partial charge in [-0.2, -0.15) is 0 Å². The molecule has 5 nitrogen and oxygen atoms in total. The van der Waals surface area contributed by atoms with Gasteiger partial charge in [0.25, 0.3) is 5.91 Å². The summed E-state index contributed by atoms with van der Waals surface area (Å²) in [6, 6.07) is 3.88. The first-order chi connectivity index (χ1) is 8.50. The van der Waals surface area contributed by atoms with Crippen molar-refractivity contribution < 1.29 is 14.3 Å². The maximum Gasteiger partial charge on any atom is 0.289 e. The Balaban J connectivity index is 2.49. The zero-order valence-corrected chi connectivity index (χ0v) is 9.96. The fraction of sp³-hybridized carbons (Fsp3) is 0.167. The van der Waals surface area contributed by atoms with Gasteiger partial charge in [0.2, 0.25) is 5.82 Å². The fourth-order valence-corrected chi connectivity index (χ4v) is 1.52. The molecule has 1 N–H and O–H groups in total. The lowest BCUT2D eigenvalue weighted by Gasteiger charge is -2.12. The van der Waals surface area contributed by atoms with E-state index in [1.807, 2.05) is 0 Å². The first-order valence-corrected chi connectivity index (χ1v) is 5.24. The Morgan fingerprint density at radius 1 is 1.44 bits per heavy atom. The summed E-state index contributed by atoms with van der Waals surface area (Å²) in [5.74, 6) is -1.28. The molecule has 94 valence electrons. The van der Waals surface area contributed by atoms with Gasteiger partial charge in [-0.25, -0.2) is 9.37 Å². The molecule has 1 heterocycles. The first-order valence-electron chi connectivity index (χ1n) is 5.24. The predicted molar refractivity (Wildman–Crippen MR) is 63.2 cm³/mol. The van der Waals surface area contributed by atoms with Gasteiger partial charge in [0.05, 0.1) is 5.69 Å². The smallest absolute Gasteiger partial charge is 0.289 e. The van der Waals surface area contributed by atoms with Crippen LogP contribution in [0.1, 0.15) is 10.6 Å². The monoisotopic (exact) mass is 249 g/mol. The topological polar surface area (TPSA) is 58.4 Å². The number of rotatable bonds is 2. The highest BCUT2D eigenvalue weighted by atomic mass is 19.1. The van der Waals surface area contributed by atoms with Crippen molar-refractivity contribution in [1.29, 1.82) is 0 Å². The fourth-order valence-electron chi connectivity index (χ4n) is 1.52. The highest BCUT2D eigenvalue weighted by molar-refractivity contribution is 5.91. The van der Waals surface area contributed by atoms with Crippen LogP contribution in [0.3, 0.4) is 0 Å². The van der Waals surface area contributed by atoms with Gasteiger partial charge in [-0.3, -0.25) is 9.36 Å². The summed E-state index contributed by atoms with van der Waals surface area (Å²) < 4.78 is 14.7. The van der Waals surface area contributed by atoms with Crippen LogP contribution in [0.2, 0.25) is 0 Å². The van der Waals surface area contributed by atoms with Crippen molar-refractivity contribution in [2.24, 2.45) is 0 Å².